The Morgan fingerprint density at radius 2 is 2.04 bits per heavy atom. The van der Waals surface area contributed by atoms with Gasteiger partial charge in [-0.25, -0.2) is 0 Å². The molecule has 2 heterocycles. The molecule has 0 spiro atoms. The summed E-state index contributed by atoms with van der Waals surface area (Å²) in [5.41, 5.74) is 0.794. The second-order valence-corrected chi connectivity index (χ2v) is 5.70. The Hall–Kier alpha value is -3.07. The predicted molar refractivity (Wildman–Crippen MR) is 91.4 cm³/mol. The number of rotatable bonds is 4. The van der Waals surface area contributed by atoms with E-state index in [4.69, 9.17) is 4.42 Å². The number of anilines is 1. The Kier molecular flexibility index (Phi) is 4.62. The van der Waals surface area contributed by atoms with Crippen molar-refractivity contribution in [3.8, 4) is 6.07 Å². The van der Waals surface area contributed by atoms with Crippen molar-refractivity contribution in [3.05, 3.63) is 57.8 Å². The Morgan fingerprint density at radius 3 is 2.75 bits per heavy atom. The first-order valence-corrected chi connectivity index (χ1v) is 7.89. The fourth-order valence-electron chi connectivity index (χ4n) is 2.81. The maximum absolute atomic E-state index is 10.9. The summed E-state index contributed by atoms with van der Waals surface area (Å²) in [6.07, 6.45) is 5.17. The molecule has 0 saturated carbocycles. The number of nitro groups is 1. The van der Waals surface area contributed by atoms with Crippen molar-refractivity contribution in [2.45, 2.75) is 19.3 Å². The third-order valence-electron chi connectivity index (χ3n) is 4.06. The van der Waals surface area contributed by atoms with Crippen molar-refractivity contribution < 1.29 is 9.34 Å². The van der Waals surface area contributed by atoms with E-state index in [2.05, 4.69) is 11.0 Å². The highest BCUT2D eigenvalue weighted by Gasteiger charge is 2.14. The Morgan fingerprint density at radius 1 is 1.25 bits per heavy atom. The third kappa shape index (κ3) is 3.46. The van der Waals surface area contributed by atoms with Crippen molar-refractivity contribution in [2.24, 2.45) is 0 Å². The lowest BCUT2D eigenvalue weighted by Crippen LogP contribution is -2.28. The molecular formula is C18H17N3O3. The summed E-state index contributed by atoms with van der Waals surface area (Å²) in [5, 5.41) is 20.3. The summed E-state index contributed by atoms with van der Waals surface area (Å²) < 4.78 is 5.82. The highest BCUT2D eigenvalue weighted by Crippen LogP contribution is 2.26. The van der Waals surface area contributed by atoms with Crippen LogP contribution in [0.25, 0.3) is 11.6 Å². The van der Waals surface area contributed by atoms with Crippen LogP contribution in [0, 0.1) is 21.4 Å². The number of hydrogen-bond acceptors (Lipinski definition) is 5. The van der Waals surface area contributed by atoms with Gasteiger partial charge in [0.25, 0.3) is 5.69 Å². The molecule has 1 fully saturated rings. The lowest BCUT2D eigenvalue weighted by molar-refractivity contribution is -0.384. The molecule has 1 aromatic heterocycles. The van der Waals surface area contributed by atoms with Gasteiger partial charge in [-0.1, -0.05) is 12.1 Å². The van der Waals surface area contributed by atoms with Crippen LogP contribution in [0.3, 0.4) is 0 Å². The third-order valence-corrected chi connectivity index (χ3v) is 4.06. The van der Waals surface area contributed by atoms with Gasteiger partial charge in [0.05, 0.1) is 16.6 Å². The van der Waals surface area contributed by atoms with Crippen LogP contribution in [-0.4, -0.2) is 18.0 Å². The van der Waals surface area contributed by atoms with E-state index in [0.717, 1.165) is 31.8 Å². The zero-order valence-electron chi connectivity index (χ0n) is 13.1. The molecule has 0 amide bonds. The van der Waals surface area contributed by atoms with Gasteiger partial charge in [0, 0.05) is 31.3 Å². The summed E-state index contributed by atoms with van der Waals surface area (Å²) in [6, 6.07) is 11.8. The standard InChI is InChI=1S/C18H17N3O3/c19-13-15(14-5-4-6-16(11-14)21(22)23)12-17-7-8-18(24-17)20-9-2-1-3-10-20/h4-8,11-12H,1-3,9-10H2/b15-12+. The number of hydrogen-bond donors (Lipinski definition) is 0. The van der Waals surface area contributed by atoms with Gasteiger partial charge in [-0.2, -0.15) is 5.26 Å². The van der Waals surface area contributed by atoms with E-state index >= 15 is 0 Å². The molecule has 1 aliphatic heterocycles. The summed E-state index contributed by atoms with van der Waals surface area (Å²) in [4.78, 5) is 12.6. The average Bonchev–Trinajstić information content (AvgIpc) is 3.09. The van der Waals surface area contributed by atoms with Gasteiger partial charge in [0.2, 0.25) is 0 Å². The molecule has 24 heavy (non-hydrogen) atoms. The van der Waals surface area contributed by atoms with Gasteiger partial charge in [-0.05, 0) is 37.0 Å². The summed E-state index contributed by atoms with van der Waals surface area (Å²) >= 11 is 0. The lowest BCUT2D eigenvalue weighted by Gasteiger charge is -2.25. The molecule has 1 aliphatic rings. The van der Waals surface area contributed by atoms with Gasteiger partial charge < -0.3 is 9.32 Å². The zero-order chi connectivity index (χ0) is 16.9. The van der Waals surface area contributed by atoms with Gasteiger partial charge >= 0.3 is 0 Å². The molecule has 0 bridgehead atoms. The lowest BCUT2D eigenvalue weighted by atomic mass is 10.1. The number of non-ortho nitro benzene ring substituents is 1. The summed E-state index contributed by atoms with van der Waals surface area (Å²) in [7, 11) is 0. The molecule has 122 valence electrons. The molecule has 1 saturated heterocycles. The minimum Gasteiger partial charge on any atom is -0.441 e. The topological polar surface area (TPSA) is 83.3 Å². The van der Waals surface area contributed by atoms with Crippen molar-refractivity contribution in [1.82, 2.24) is 0 Å². The molecule has 6 nitrogen and oxygen atoms in total. The van der Waals surface area contributed by atoms with Crippen LogP contribution in [0.5, 0.6) is 0 Å². The van der Waals surface area contributed by atoms with Crippen molar-refractivity contribution >= 4 is 23.2 Å². The van der Waals surface area contributed by atoms with E-state index < -0.39 is 4.92 Å². The van der Waals surface area contributed by atoms with E-state index in [1.807, 2.05) is 12.1 Å². The normalized spacial score (nSPS) is 15.1. The SMILES string of the molecule is N#C/C(=C\c1ccc(N2CCCCC2)o1)c1cccc([N+](=O)[O-])c1. The Labute approximate surface area is 139 Å². The Bertz CT molecular complexity index is 811. The van der Waals surface area contributed by atoms with Crippen molar-refractivity contribution in [2.75, 3.05) is 18.0 Å². The molecule has 0 aliphatic carbocycles. The molecule has 3 rings (SSSR count). The average molecular weight is 323 g/mol. The molecule has 1 aromatic carbocycles. The zero-order valence-corrected chi connectivity index (χ0v) is 13.1. The number of nitriles is 1. The number of nitro benzene ring substituents is 1. The van der Waals surface area contributed by atoms with E-state index in [1.165, 1.54) is 18.6 Å². The quantitative estimate of drug-likeness (QED) is 0.477. The molecule has 2 aromatic rings. The smallest absolute Gasteiger partial charge is 0.270 e. The maximum atomic E-state index is 10.9. The number of benzene rings is 1. The minimum absolute atomic E-state index is 0.0397. The monoisotopic (exact) mass is 323 g/mol. The van der Waals surface area contributed by atoms with Crippen molar-refractivity contribution in [3.63, 3.8) is 0 Å². The van der Waals surface area contributed by atoms with Crippen LogP contribution >= 0.6 is 0 Å². The number of piperidine rings is 1. The van der Waals surface area contributed by atoms with Gasteiger partial charge in [-0.3, -0.25) is 10.1 Å². The fourth-order valence-corrected chi connectivity index (χ4v) is 2.81. The highest BCUT2D eigenvalue weighted by molar-refractivity contribution is 5.89. The Balaban J connectivity index is 1.86. The number of furan rings is 1. The minimum atomic E-state index is -0.472. The number of allylic oxidation sites excluding steroid dienone is 1. The maximum Gasteiger partial charge on any atom is 0.270 e. The van der Waals surface area contributed by atoms with E-state index in [1.54, 1.807) is 18.2 Å². The second-order valence-electron chi connectivity index (χ2n) is 5.70. The summed E-state index contributed by atoms with van der Waals surface area (Å²) in [5.74, 6) is 1.37. The van der Waals surface area contributed by atoms with Crippen LogP contribution < -0.4 is 4.90 Å². The first-order chi connectivity index (χ1) is 11.7. The first kappa shape index (κ1) is 15.8. The van der Waals surface area contributed by atoms with Gasteiger partial charge in [0.15, 0.2) is 5.88 Å². The highest BCUT2D eigenvalue weighted by atomic mass is 16.6. The van der Waals surface area contributed by atoms with E-state index in [0.29, 0.717) is 16.9 Å². The molecule has 0 unspecified atom stereocenters. The van der Waals surface area contributed by atoms with Crippen molar-refractivity contribution in [1.29, 1.82) is 5.26 Å². The number of nitrogens with zero attached hydrogens (tertiary/aromatic N) is 3. The van der Waals surface area contributed by atoms with Crippen LogP contribution in [0.2, 0.25) is 0 Å². The molecular weight excluding hydrogens is 306 g/mol. The summed E-state index contributed by atoms with van der Waals surface area (Å²) in [6.45, 7) is 1.96. The fraction of sp³-hybridized carbons (Fsp3) is 0.278. The van der Waals surface area contributed by atoms with E-state index in [9.17, 15) is 15.4 Å². The van der Waals surface area contributed by atoms with Crippen LogP contribution in [-0.2, 0) is 0 Å². The molecule has 0 N–H and O–H groups in total. The largest absolute Gasteiger partial charge is 0.441 e. The molecule has 6 heteroatoms. The van der Waals surface area contributed by atoms with Crippen LogP contribution in [0.1, 0.15) is 30.6 Å². The van der Waals surface area contributed by atoms with Crippen LogP contribution in [0.4, 0.5) is 11.6 Å². The molecule has 0 radical (unpaired) electrons. The first-order valence-electron chi connectivity index (χ1n) is 7.89. The van der Waals surface area contributed by atoms with Gasteiger partial charge in [-0.15, -0.1) is 0 Å². The second kappa shape index (κ2) is 7.01. The van der Waals surface area contributed by atoms with E-state index in [-0.39, 0.29) is 5.69 Å². The van der Waals surface area contributed by atoms with Crippen LogP contribution in [0.15, 0.2) is 40.8 Å². The van der Waals surface area contributed by atoms with Gasteiger partial charge in [0.1, 0.15) is 5.76 Å². The molecule has 0 atom stereocenters. The predicted octanol–water partition coefficient (Wildman–Crippen LogP) is 4.24.